The molecule has 0 spiro atoms. The van der Waals surface area contributed by atoms with Gasteiger partial charge in [-0.2, -0.15) is 0 Å². The van der Waals surface area contributed by atoms with E-state index in [1.54, 1.807) is 6.92 Å². The van der Waals surface area contributed by atoms with Crippen LogP contribution in [0.3, 0.4) is 0 Å². The molecular formula is C13H19FN2O2S. The molecule has 2 atom stereocenters. The molecular weight excluding hydrogens is 267 g/mol. The van der Waals surface area contributed by atoms with Crippen molar-refractivity contribution in [3.05, 3.63) is 29.6 Å². The summed E-state index contributed by atoms with van der Waals surface area (Å²) in [5, 5.41) is 3.23. The van der Waals surface area contributed by atoms with Crippen molar-refractivity contribution in [3.8, 4) is 0 Å². The van der Waals surface area contributed by atoms with E-state index >= 15 is 0 Å². The maximum absolute atomic E-state index is 13.2. The van der Waals surface area contributed by atoms with Crippen molar-refractivity contribution >= 4 is 10.0 Å². The highest BCUT2D eigenvalue weighted by Crippen LogP contribution is 2.18. The summed E-state index contributed by atoms with van der Waals surface area (Å²) in [5.41, 5.74) is 0.547. The predicted molar refractivity (Wildman–Crippen MR) is 71.9 cm³/mol. The molecule has 0 aliphatic carbocycles. The van der Waals surface area contributed by atoms with Gasteiger partial charge in [0, 0.05) is 12.1 Å². The van der Waals surface area contributed by atoms with E-state index in [9.17, 15) is 12.8 Å². The molecule has 1 aromatic rings. The van der Waals surface area contributed by atoms with Crippen LogP contribution in [0.25, 0.3) is 0 Å². The molecule has 1 aliphatic heterocycles. The fourth-order valence-corrected chi connectivity index (χ4v) is 3.94. The van der Waals surface area contributed by atoms with Gasteiger partial charge in [0.2, 0.25) is 10.0 Å². The smallest absolute Gasteiger partial charge is 0.241 e. The van der Waals surface area contributed by atoms with Gasteiger partial charge in [-0.25, -0.2) is 17.5 Å². The summed E-state index contributed by atoms with van der Waals surface area (Å²) in [6, 6.07) is 3.74. The highest BCUT2D eigenvalue weighted by molar-refractivity contribution is 7.89. The molecule has 0 radical (unpaired) electrons. The van der Waals surface area contributed by atoms with Crippen LogP contribution in [-0.2, 0) is 10.0 Å². The highest BCUT2D eigenvalue weighted by atomic mass is 32.2. The van der Waals surface area contributed by atoms with Gasteiger partial charge in [-0.05, 0) is 50.9 Å². The third-order valence-corrected chi connectivity index (χ3v) is 5.14. The van der Waals surface area contributed by atoms with Crippen molar-refractivity contribution in [2.75, 3.05) is 6.54 Å². The third-order valence-electron chi connectivity index (χ3n) is 3.51. The number of aryl methyl sites for hydroxylation is 1. The first-order valence-electron chi connectivity index (χ1n) is 6.42. The minimum Gasteiger partial charge on any atom is -0.313 e. The fraction of sp³-hybridized carbons (Fsp3) is 0.538. The zero-order chi connectivity index (χ0) is 14.0. The highest BCUT2D eigenvalue weighted by Gasteiger charge is 2.27. The Balaban J connectivity index is 2.24. The molecule has 0 bridgehead atoms. The standard InChI is InChI=1S/C13H19FN2O2S/c1-9-5-6-11(14)8-13(9)19(17,18)16-12-4-3-7-15-10(12)2/h5-6,8,10,12,15-16H,3-4,7H2,1-2H3/t10-,12-/m1/s1. The maximum atomic E-state index is 13.2. The van der Waals surface area contributed by atoms with Crippen LogP contribution in [0.15, 0.2) is 23.1 Å². The van der Waals surface area contributed by atoms with Crippen LogP contribution in [-0.4, -0.2) is 27.0 Å². The van der Waals surface area contributed by atoms with E-state index in [1.807, 2.05) is 6.92 Å². The molecule has 1 aromatic carbocycles. The van der Waals surface area contributed by atoms with Crippen molar-refractivity contribution < 1.29 is 12.8 Å². The van der Waals surface area contributed by atoms with Crippen LogP contribution in [0.2, 0.25) is 0 Å². The van der Waals surface area contributed by atoms with Gasteiger partial charge in [0.05, 0.1) is 4.90 Å². The normalized spacial score (nSPS) is 24.4. The molecule has 1 saturated heterocycles. The number of rotatable bonds is 3. The SMILES string of the molecule is Cc1ccc(F)cc1S(=O)(=O)N[C@@H]1CCCN[C@@H]1C. The van der Waals surface area contributed by atoms with Crippen LogP contribution < -0.4 is 10.0 Å². The van der Waals surface area contributed by atoms with Crippen LogP contribution in [0.5, 0.6) is 0 Å². The van der Waals surface area contributed by atoms with Gasteiger partial charge in [-0.3, -0.25) is 0 Å². The van der Waals surface area contributed by atoms with Gasteiger partial charge in [0.25, 0.3) is 0 Å². The lowest BCUT2D eigenvalue weighted by molar-refractivity contribution is 0.348. The Morgan fingerprint density at radius 3 is 2.84 bits per heavy atom. The van der Waals surface area contributed by atoms with Gasteiger partial charge in [-0.1, -0.05) is 6.07 Å². The van der Waals surface area contributed by atoms with Crippen molar-refractivity contribution in [3.63, 3.8) is 0 Å². The topological polar surface area (TPSA) is 58.2 Å². The number of benzene rings is 1. The Hall–Kier alpha value is -0.980. The predicted octanol–water partition coefficient (Wildman–Crippen LogP) is 1.55. The molecule has 106 valence electrons. The lowest BCUT2D eigenvalue weighted by Crippen LogP contribution is -2.51. The first-order chi connectivity index (χ1) is 8.90. The van der Waals surface area contributed by atoms with Crippen LogP contribution in [0.1, 0.15) is 25.3 Å². The summed E-state index contributed by atoms with van der Waals surface area (Å²) in [7, 11) is -3.68. The van der Waals surface area contributed by atoms with E-state index in [0.29, 0.717) is 5.56 Å². The second kappa shape index (κ2) is 5.56. The Kier molecular flexibility index (Phi) is 4.23. The van der Waals surface area contributed by atoms with E-state index in [0.717, 1.165) is 25.5 Å². The first kappa shape index (κ1) is 14.4. The number of nitrogens with one attached hydrogen (secondary N) is 2. The average molecular weight is 286 g/mol. The van der Waals surface area contributed by atoms with Crippen LogP contribution in [0, 0.1) is 12.7 Å². The second-order valence-electron chi connectivity index (χ2n) is 5.02. The number of halogens is 1. The monoisotopic (exact) mass is 286 g/mol. The molecule has 1 heterocycles. The molecule has 0 amide bonds. The summed E-state index contributed by atoms with van der Waals surface area (Å²) in [6.45, 7) is 4.51. The zero-order valence-corrected chi connectivity index (χ0v) is 11.9. The minimum absolute atomic E-state index is 0.0188. The number of sulfonamides is 1. The molecule has 1 fully saturated rings. The van der Waals surface area contributed by atoms with E-state index in [4.69, 9.17) is 0 Å². The van der Waals surface area contributed by atoms with Gasteiger partial charge >= 0.3 is 0 Å². The van der Waals surface area contributed by atoms with E-state index in [-0.39, 0.29) is 17.0 Å². The molecule has 1 aliphatic rings. The molecule has 19 heavy (non-hydrogen) atoms. The van der Waals surface area contributed by atoms with Crippen LogP contribution in [0.4, 0.5) is 4.39 Å². The molecule has 2 N–H and O–H groups in total. The van der Waals surface area contributed by atoms with Crippen molar-refractivity contribution in [1.29, 1.82) is 0 Å². The Bertz CT molecular complexity index is 560. The summed E-state index contributed by atoms with van der Waals surface area (Å²) in [5.74, 6) is -0.541. The van der Waals surface area contributed by atoms with Crippen molar-refractivity contribution in [2.45, 2.75) is 43.7 Å². The summed E-state index contributed by atoms with van der Waals surface area (Å²) in [4.78, 5) is 0.0188. The van der Waals surface area contributed by atoms with Crippen molar-refractivity contribution in [1.82, 2.24) is 10.0 Å². The third kappa shape index (κ3) is 3.32. The number of hydrogen-bond acceptors (Lipinski definition) is 3. The Morgan fingerprint density at radius 2 is 2.16 bits per heavy atom. The minimum atomic E-state index is -3.68. The van der Waals surface area contributed by atoms with Gasteiger partial charge in [0.15, 0.2) is 0 Å². The first-order valence-corrected chi connectivity index (χ1v) is 7.90. The van der Waals surface area contributed by atoms with E-state index in [1.165, 1.54) is 12.1 Å². The molecule has 6 heteroatoms. The van der Waals surface area contributed by atoms with Crippen LogP contribution >= 0.6 is 0 Å². The quantitative estimate of drug-likeness (QED) is 0.886. The van der Waals surface area contributed by atoms with Gasteiger partial charge in [-0.15, -0.1) is 0 Å². The van der Waals surface area contributed by atoms with Crippen molar-refractivity contribution in [2.24, 2.45) is 0 Å². The van der Waals surface area contributed by atoms with E-state index in [2.05, 4.69) is 10.0 Å². The van der Waals surface area contributed by atoms with Gasteiger partial charge in [0.1, 0.15) is 5.82 Å². The lowest BCUT2D eigenvalue weighted by Gasteiger charge is -2.30. The molecule has 0 saturated carbocycles. The number of piperidine rings is 1. The summed E-state index contributed by atoms with van der Waals surface area (Å²) < 4.78 is 40.5. The molecule has 2 rings (SSSR count). The Morgan fingerprint density at radius 1 is 1.42 bits per heavy atom. The maximum Gasteiger partial charge on any atom is 0.241 e. The summed E-state index contributed by atoms with van der Waals surface area (Å²) in [6.07, 6.45) is 1.72. The molecule has 0 unspecified atom stereocenters. The zero-order valence-electron chi connectivity index (χ0n) is 11.1. The van der Waals surface area contributed by atoms with Gasteiger partial charge < -0.3 is 5.32 Å². The second-order valence-corrected chi connectivity index (χ2v) is 6.71. The van der Waals surface area contributed by atoms with E-state index < -0.39 is 15.8 Å². The number of hydrogen-bond donors (Lipinski definition) is 2. The average Bonchev–Trinajstić information content (AvgIpc) is 2.35. The fourth-order valence-electron chi connectivity index (χ4n) is 2.33. The molecule has 0 aromatic heterocycles. The largest absolute Gasteiger partial charge is 0.313 e. The lowest BCUT2D eigenvalue weighted by atomic mass is 10.0. The Labute approximate surface area is 113 Å². The molecule has 4 nitrogen and oxygen atoms in total. The summed E-state index contributed by atoms with van der Waals surface area (Å²) >= 11 is 0.